The van der Waals surface area contributed by atoms with Crippen LogP contribution in [0.15, 0.2) is 48.5 Å². The molecule has 0 radical (unpaired) electrons. The van der Waals surface area contributed by atoms with Gasteiger partial charge in [-0.1, -0.05) is 24.3 Å². The summed E-state index contributed by atoms with van der Waals surface area (Å²) in [7, 11) is 0. The van der Waals surface area contributed by atoms with E-state index in [1.807, 2.05) is 25.1 Å². The lowest BCUT2D eigenvalue weighted by Crippen LogP contribution is -2.46. The number of amides is 2. The van der Waals surface area contributed by atoms with Crippen molar-refractivity contribution in [1.82, 2.24) is 5.32 Å². The molecule has 0 saturated carbocycles. The zero-order chi connectivity index (χ0) is 18.6. The van der Waals surface area contributed by atoms with E-state index >= 15 is 0 Å². The van der Waals surface area contributed by atoms with Gasteiger partial charge >= 0.3 is 6.18 Å². The quantitative estimate of drug-likeness (QED) is 0.870. The Kier molecular flexibility index (Phi) is 5.46. The molecule has 1 atom stereocenters. The molecule has 0 aliphatic carbocycles. The van der Waals surface area contributed by atoms with Crippen LogP contribution in [0.1, 0.15) is 27.0 Å². The predicted molar refractivity (Wildman–Crippen MR) is 86.8 cm³/mol. The number of primary amides is 1. The molecule has 0 heterocycles. The van der Waals surface area contributed by atoms with Crippen molar-refractivity contribution in [2.75, 3.05) is 0 Å². The number of alkyl halides is 3. The van der Waals surface area contributed by atoms with Gasteiger partial charge in [-0.2, -0.15) is 13.2 Å². The highest BCUT2D eigenvalue weighted by atomic mass is 19.4. The van der Waals surface area contributed by atoms with Crippen molar-refractivity contribution in [3.8, 4) is 0 Å². The van der Waals surface area contributed by atoms with E-state index in [1.54, 1.807) is 6.07 Å². The molecule has 7 heteroatoms. The lowest BCUT2D eigenvalue weighted by Gasteiger charge is -2.17. The van der Waals surface area contributed by atoms with E-state index in [9.17, 15) is 22.8 Å². The van der Waals surface area contributed by atoms with E-state index < -0.39 is 29.6 Å². The molecule has 2 aromatic rings. The van der Waals surface area contributed by atoms with Crippen LogP contribution in [0.5, 0.6) is 0 Å². The average molecular weight is 350 g/mol. The number of nitrogens with two attached hydrogens (primary N) is 1. The number of carbonyl (C=O) groups excluding carboxylic acids is 2. The number of nitrogens with one attached hydrogen (secondary N) is 1. The molecule has 0 aliphatic heterocycles. The SMILES string of the molecule is Cc1ccccc1C[C@H](NC(=O)c1ccc(C(F)(F)F)cc1)C(N)=O. The monoisotopic (exact) mass is 350 g/mol. The number of hydrogen-bond donors (Lipinski definition) is 2. The molecular weight excluding hydrogens is 333 g/mol. The van der Waals surface area contributed by atoms with Gasteiger partial charge in [0.05, 0.1) is 5.56 Å². The van der Waals surface area contributed by atoms with Gasteiger partial charge < -0.3 is 11.1 Å². The molecule has 0 saturated heterocycles. The summed E-state index contributed by atoms with van der Waals surface area (Å²) >= 11 is 0. The molecule has 0 bridgehead atoms. The zero-order valence-corrected chi connectivity index (χ0v) is 13.4. The molecule has 4 nitrogen and oxygen atoms in total. The second-order valence-electron chi connectivity index (χ2n) is 5.63. The number of halogens is 3. The van der Waals surface area contributed by atoms with Crippen LogP contribution in [0.4, 0.5) is 13.2 Å². The van der Waals surface area contributed by atoms with Gasteiger partial charge in [-0.3, -0.25) is 9.59 Å². The standard InChI is InChI=1S/C18H17F3N2O2/c1-11-4-2-3-5-13(11)10-15(16(22)24)23-17(25)12-6-8-14(9-7-12)18(19,20)21/h2-9,15H,10H2,1H3,(H2,22,24)(H,23,25)/t15-/m0/s1. The highest BCUT2D eigenvalue weighted by Crippen LogP contribution is 2.29. The molecule has 0 aromatic heterocycles. The first-order valence-electron chi connectivity index (χ1n) is 7.50. The van der Waals surface area contributed by atoms with Crippen LogP contribution in [0.2, 0.25) is 0 Å². The minimum Gasteiger partial charge on any atom is -0.368 e. The van der Waals surface area contributed by atoms with Crippen LogP contribution in [0.3, 0.4) is 0 Å². The van der Waals surface area contributed by atoms with E-state index in [2.05, 4.69) is 5.32 Å². The van der Waals surface area contributed by atoms with Crippen molar-refractivity contribution in [3.05, 3.63) is 70.8 Å². The van der Waals surface area contributed by atoms with Gasteiger partial charge in [0.2, 0.25) is 5.91 Å². The van der Waals surface area contributed by atoms with Crippen LogP contribution < -0.4 is 11.1 Å². The Morgan fingerprint density at radius 2 is 1.68 bits per heavy atom. The van der Waals surface area contributed by atoms with E-state index in [0.29, 0.717) is 0 Å². The second-order valence-corrected chi connectivity index (χ2v) is 5.63. The lowest BCUT2D eigenvalue weighted by molar-refractivity contribution is -0.137. The van der Waals surface area contributed by atoms with Crippen molar-refractivity contribution in [2.45, 2.75) is 25.6 Å². The summed E-state index contributed by atoms with van der Waals surface area (Å²) in [6.45, 7) is 1.87. The van der Waals surface area contributed by atoms with E-state index in [-0.39, 0.29) is 12.0 Å². The summed E-state index contributed by atoms with van der Waals surface area (Å²) in [5.74, 6) is -1.38. The summed E-state index contributed by atoms with van der Waals surface area (Å²) in [6.07, 6.45) is -4.27. The third-order valence-electron chi connectivity index (χ3n) is 3.81. The molecule has 0 spiro atoms. The Morgan fingerprint density at radius 3 is 2.20 bits per heavy atom. The fraction of sp³-hybridized carbons (Fsp3) is 0.222. The minimum absolute atomic E-state index is 0.0176. The summed E-state index contributed by atoms with van der Waals surface area (Å²) in [5.41, 5.74) is 6.29. The van der Waals surface area contributed by atoms with Gasteiger partial charge in [0, 0.05) is 12.0 Å². The van der Waals surface area contributed by atoms with Crippen molar-refractivity contribution in [1.29, 1.82) is 0 Å². The maximum atomic E-state index is 12.6. The van der Waals surface area contributed by atoms with Gasteiger partial charge in [-0.15, -0.1) is 0 Å². The minimum atomic E-state index is -4.48. The lowest BCUT2D eigenvalue weighted by atomic mass is 10.0. The number of rotatable bonds is 5. The number of aryl methyl sites for hydroxylation is 1. The molecule has 2 rings (SSSR count). The maximum absolute atomic E-state index is 12.6. The van der Waals surface area contributed by atoms with E-state index in [0.717, 1.165) is 35.4 Å². The summed E-state index contributed by atoms with van der Waals surface area (Å²) < 4.78 is 37.7. The predicted octanol–water partition coefficient (Wildman–Crippen LogP) is 2.84. The van der Waals surface area contributed by atoms with E-state index in [1.165, 1.54) is 0 Å². The Balaban J connectivity index is 2.13. The van der Waals surface area contributed by atoms with E-state index in [4.69, 9.17) is 5.73 Å². The fourth-order valence-electron chi connectivity index (χ4n) is 2.33. The second kappa shape index (κ2) is 7.38. The fourth-order valence-corrected chi connectivity index (χ4v) is 2.33. The Bertz CT molecular complexity index is 771. The topological polar surface area (TPSA) is 72.2 Å². The first-order valence-corrected chi connectivity index (χ1v) is 7.50. The Morgan fingerprint density at radius 1 is 1.08 bits per heavy atom. The van der Waals surface area contributed by atoms with Gasteiger partial charge in [0.25, 0.3) is 5.91 Å². The molecule has 0 unspecified atom stereocenters. The molecule has 132 valence electrons. The molecule has 0 aliphatic rings. The molecule has 0 fully saturated rings. The third kappa shape index (κ3) is 4.82. The van der Waals surface area contributed by atoms with Crippen molar-refractivity contribution in [2.24, 2.45) is 5.73 Å². The summed E-state index contributed by atoms with van der Waals surface area (Å²) in [4.78, 5) is 23.8. The van der Waals surface area contributed by atoms with Crippen LogP contribution in [-0.4, -0.2) is 17.9 Å². The average Bonchev–Trinajstić information content (AvgIpc) is 2.55. The molecule has 2 aromatic carbocycles. The highest BCUT2D eigenvalue weighted by molar-refractivity contribution is 5.97. The van der Waals surface area contributed by atoms with Crippen LogP contribution in [0.25, 0.3) is 0 Å². The van der Waals surface area contributed by atoms with Gasteiger partial charge in [0.1, 0.15) is 6.04 Å². The summed E-state index contributed by atoms with van der Waals surface area (Å²) in [6, 6.07) is 10.1. The summed E-state index contributed by atoms with van der Waals surface area (Å²) in [5, 5.41) is 2.47. The number of hydrogen-bond acceptors (Lipinski definition) is 2. The van der Waals surface area contributed by atoms with Gasteiger partial charge in [-0.05, 0) is 42.3 Å². The van der Waals surface area contributed by atoms with Crippen molar-refractivity contribution < 1.29 is 22.8 Å². The normalized spacial score (nSPS) is 12.5. The molecule has 3 N–H and O–H groups in total. The highest BCUT2D eigenvalue weighted by Gasteiger charge is 2.30. The zero-order valence-electron chi connectivity index (χ0n) is 13.4. The Labute approximate surface area is 142 Å². The van der Waals surface area contributed by atoms with Crippen LogP contribution >= 0.6 is 0 Å². The van der Waals surface area contributed by atoms with Crippen LogP contribution in [0, 0.1) is 6.92 Å². The first-order chi connectivity index (χ1) is 11.7. The Hall–Kier alpha value is -2.83. The molecule has 2 amide bonds. The van der Waals surface area contributed by atoms with Gasteiger partial charge in [0.15, 0.2) is 0 Å². The maximum Gasteiger partial charge on any atom is 0.416 e. The third-order valence-corrected chi connectivity index (χ3v) is 3.81. The van der Waals surface area contributed by atoms with Crippen molar-refractivity contribution in [3.63, 3.8) is 0 Å². The van der Waals surface area contributed by atoms with Gasteiger partial charge in [-0.25, -0.2) is 0 Å². The molecule has 25 heavy (non-hydrogen) atoms. The largest absolute Gasteiger partial charge is 0.416 e. The first kappa shape index (κ1) is 18.5. The number of benzene rings is 2. The number of carbonyl (C=O) groups is 2. The molecular formula is C18H17F3N2O2. The smallest absolute Gasteiger partial charge is 0.368 e. The van der Waals surface area contributed by atoms with Crippen molar-refractivity contribution >= 4 is 11.8 Å². The van der Waals surface area contributed by atoms with Crippen LogP contribution in [-0.2, 0) is 17.4 Å².